The van der Waals surface area contributed by atoms with Crippen LogP contribution in [-0.4, -0.2) is 22.3 Å². The quantitative estimate of drug-likeness (QED) is 0.733. The van der Waals surface area contributed by atoms with Gasteiger partial charge in [-0.2, -0.15) is 0 Å². The van der Waals surface area contributed by atoms with Crippen molar-refractivity contribution in [1.29, 1.82) is 0 Å². The number of pyridine rings is 1. The Hall–Kier alpha value is -2.76. The van der Waals surface area contributed by atoms with Crippen molar-refractivity contribution in [3.63, 3.8) is 0 Å². The maximum atomic E-state index is 13.7. The summed E-state index contributed by atoms with van der Waals surface area (Å²) in [6, 6.07) is 9.68. The predicted molar refractivity (Wildman–Crippen MR) is 69.5 cm³/mol. The third-order valence-corrected chi connectivity index (χ3v) is 2.72. The number of benzene rings is 1. The Balaban J connectivity index is 2.05. The van der Waals surface area contributed by atoms with Crippen LogP contribution in [0.25, 0.3) is 22.9 Å². The number of hydrogen-bond acceptors (Lipinski definition) is 5. The highest BCUT2D eigenvalue weighted by Gasteiger charge is 2.16. The van der Waals surface area contributed by atoms with Crippen molar-refractivity contribution in [2.45, 2.75) is 0 Å². The van der Waals surface area contributed by atoms with Crippen molar-refractivity contribution < 1.29 is 13.5 Å². The fourth-order valence-corrected chi connectivity index (χ4v) is 1.79. The number of rotatable bonds is 3. The third kappa shape index (κ3) is 2.11. The van der Waals surface area contributed by atoms with Crippen molar-refractivity contribution in [1.82, 2.24) is 15.2 Å². The Labute approximate surface area is 114 Å². The highest BCUT2D eigenvalue weighted by atomic mass is 19.1. The molecule has 2 aromatic heterocycles. The van der Waals surface area contributed by atoms with Crippen LogP contribution in [-0.2, 0) is 0 Å². The van der Waals surface area contributed by atoms with E-state index in [0.717, 1.165) is 0 Å². The van der Waals surface area contributed by atoms with Gasteiger partial charge in [-0.25, -0.2) is 9.37 Å². The molecule has 100 valence electrons. The molecule has 0 radical (unpaired) electrons. The summed E-state index contributed by atoms with van der Waals surface area (Å²) in [6.45, 7) is 0. The van der Waals surface area contributed by atoms with E-state index in [2.05, 4.69) is 15.2 Å². The van der Waals surface area contributed by atoms with E-state index < -0.39 is 5.82 Å². The Morgan fingerprint density at radius 1 is 1.00 bits per heavy atom. The minimum absolute atomic E-state index is 0.115. The van der Waals surface area contributed by atoms with Gasteiger partial charge in [0, 0.05) is 6.20 Å². The zero-order valence-corrected chi connectivity index (χ0v) is 10.6. The summed E-state index contributed by atoms with van der Waals surface area (Å²) in [6.07, 6.45) is 1.59. The summed E-state index contributed by atoms with van der Waals surface area (Å²) >= 11 is 0. The first-order valence-corrected chi connectivity index (χ1v) is 5.87. The van der Waals surface area contributed by atoms with Crippen molar-refractivity contribution in [2.24, 2.45) is 0 Å². The van der Waals surface area contributed by atoms with Gasteiger partial charge in [0.05, 0.1) is 12.7 Å². The van der Waals surface area contributed by atoms with Gasteiger partial charge in [0.2, 0.25) is 5.88 Å². The molecule has 0 aliphatic carbocycles. The lowest BCUT2D eigenvalue weighted by Crippen LogP contribution is -1.90. The fourth-order valence-electron chi connectivity index (χ4n) is 1.79. The van der Waals surface area contributed by atoms with Gasteiger partial charge in [-0.1, -0.05) is 12.1 Å². The molecule has 0 saturated carbocycles. The molecule has 3 aromatic rings. The Bertz CT molecular complexity index is 743. The van der Waals surface area contributed by atoms with Crippen LogP contribution in [0.15, 0.2) is 47.0 Å². The standard InChI is InChI=1S/C14H10FN3O2/c1-19-12-10(6-4-8-16-12)14-18-17-13(20-14)9-5-2-3-7-11(9)15/h2-8H,1H3. The maximum Gasteiger partial charge on any atom is 0.253 e. The Morgan fingerprint density at radius 2 is 1.70 bits per heavy atom. The summed E-state index contributed by atoms with van der Waals surface area (Å²) in [5.41, 5.74) is 0.819. The number of aromatic nitrogens is 3. The molecule has 5 nitrogen and oxygen atoms in total. The number of halogens is 1. The summed E-state index contributed by atoms with van der Waals surface area (Å²) in [4.78, 5) is 4.05. The third-order valence-electron chi connectivity index (χ3n) is 2.72. The van der Waals surface area contributed by atoms with Gasteiger partial charge >= 0.3 is 0 Å². The van der Waals surface area contributed by atoms with Crippen LogP contribution >= 0.6 is 0 Å². The van der Waals surface area contributed by atoms with Crippen molar-refractivity contribution in [3.8, 4) is 28.8 Å². The van der Waals surface area contributed by atoms with E-state index in [-0.39, 0.29) is 17.3 Å². The molecule has 0 aliphatic rings. The first kappa shape index (κ1) is 12.3. The number of nitrogens with zero attached hydrogens (tertiary/aromatic N) is 3. The molecule has 0 saturated heterocycles. The molecule has 0 spiro atoms. The van der Waals surface area contributed by atoms with E-state index >= 15 is 0 Å². The molecule has 2 heterocycles. The number of methoxy groups -OCH3 is 1. The molecule has 0 amide bonds. The van der Waals surface area contributed by atoms with Crippen molar-refractivity contribution >= 4 is 0 Å². The second-order valence-electron chi connectivity index (χ2n) is 3.95. The van der Waals surface area contributed by atoms with Gasteiger partial charge in [-0.05, 0) is 24.3 Å². The van der Waals surface area contributed by atoms with Gasteiger partial charge in [0.1, 0.15) is 11.4 Å². The van der Waals surface area contributed by atoms with Gasteiger partial charge in [-0.3, -0.25) is 0 Å². The van der Waals surface area contributed by atoms with Crippen LogP contribution < -0.4 is 4.74 Å². The average Bonchev–Trinajstić information content (AvgIpc) is 2.97. The highest BCUT2D eigenvalue weighted by Crippen LogP contribution is 2.29. The smallest absolute Gasteiger partial charge is 0.253 e. The molecule has 0 atom stereocenters. The molecule has 3 rings (SSSR count). The average molecular weight is 271 g/mol. The zero-order valence-electron chi connectivity index (χ0n) is 10.6. The lowest BCUT2D eigenvalue weighted by molar-refractivity contribution is 0.397. The molecule has 0 bridgehead atoms. The SMILES string of the molecule is COc1ncccc1-c1nnc(-c2ccccc2F)o1. The summed E-state index contributed by atoms with van der Waals surface area (Å²) in [5.74, 6) is 0.300. The number of hydrogen-bond donors (Lipinski definition) is 0. The van der Waals surface area contributed by atoms with Crippen LogP contribution in [0, 0.1) is 5.82 Å². The van der Waals surface area contributed by atoms with E-state index in [1.807, 2.05) is 0 Å². The fraction of sp³-hybridized carbons (Fsp3) is 0.0714. The van der Waals surface area contributed by atoms with Gasteiger partial charge < -0.3 is 9.15 Å². The Kier molecular flexibility index (Phi) is 3.12. The largest absolute Gasteiger partial charge is 0.480 e. The first-order valence-electron chi connectivity index (χ1n) is 5.87. The van der Waals surface area contributed by atoms with E-state index in [1.54, 1.807) is 36.5 Å². The van der Waals surface area contributed by atoms with Crippen LogP contribution in [0.4, 0.5) is 4.39 Å². The zero-order chi connectivity index (χ0) is 13.9. The normalized spacial score (nSPS) is 10.5. The predicted octanol–water partition coefficient (Wildman–Crippen LogP) is 2.95. The summed E-state index contributed by atoms with van der Waals surface area (Å²) in [7, 11) is 1.50. The second kappa shape index (κ2) is 5.08. The molecule has 0 fully saturated rings. The molecule has 6 heteroatoms. The van der Waals surface area contributed by atoms with Gasteiger partial charge in [0.25, 0.3) is 11.8 Å². The van der Waals surface area contributed by atoms with Gasteiger partial charge in [0.15, 0.2) is 0 Å². The monoisotopic (exact) mass is 271 g/mol. The van der Waals surface area contributed by atoms with E-state index in [1.165, 1.54) is 13.2 Å². The minimum Gasteiger partial charge on any atom is -0.480 e. The highest BCUT2D eigenvalue weighted by molar-refractivity contribution is 5.62. The molecular formula is C14H10FN3O2. The molecule has 20 heavy (non-hydrogen) atoms. The molecule has 1 aromatic carbocycles. The number of ether oxygens (including phenoxy) is 1. The van der Waals surface area contributed by atoms with Crippen molar-refractivity contribution in [2.75, 3.05) is 7.11 Å². The Morgan fingerprint density at radius 3 is 2.45 bits per heavy atom. The van der Waals surface area contributed by atoms with E-state index in [4.69, 9.17) is 9.15 Å². The van der Waals surface area contributed by atoms with Crippen LogP contribution in [0.2, 0.25) is 0 Å². The maximum absolute atomic E-state index is 13.7. The van der Waals surface area contributed by atoms with Gasteiger partial charge in [-0.15, -0.1) is 10.2 Å². The lowest BCUT2D eigenvalue weighted by atomic mass is 10.2. The van der Waals surface area contributed by atoms with Crippen molar-refractivity contribution in [3.05, 3.63) is 48.4 Å². The lowest BCUT2D eigenvalue weighted by Gasteiger charge is -2.01. The minimum atomic E-state index is -0.416. The molecule has 0 aliphatic heterocycles. The molecule has 0 unspecified atom stereocenters. The molecular weight excluding hydrogens is 261 g/mol. The second-order valence-corrected chi connectivity index (χ2v) is 3.95. The molecule has 0 N–H and O–H groups in total. The topological polar surface area (TPSA) is 61.0 Å². The summed E-state index contributed by atoms with van der Waals surface area (Å²) in [5, 5.41) is 7.77. The van der Waals surface area contributed by atoms with Crippen LogP contribution in [0.1, 0.15) is 0 Å². The summed E-state index contributed by atoms with van der Waals surface area (Å²) < 4.78 is 24.3. The first-order chi connectivity index (χ1) is 9.79. The van der Waals surface area contributed by atoms with Crippen LogP contribution in [0.3, 0.4) is 0 Å². The van der Waals surface area contributed by atoms with E-state index in [9.17, 15) is 4.39 Å². The van der Waals surface area contributed by atoms with Crippen LogP contribution in [0.5, 0.6) is 5.88 Å². The van der Waals surface area contributed by atoms with E-state index in [0.29, 0.717) is 11.4 Å².